The predicted octanol–water partition coefficient (Wildman–Crippen LogP) is 3.56. The number of rotatable bonds is 11. The second kappa shape index (κ2) is 15.8. The Morgan fingerprint density at radius 2 is 1.75 bits per heavy atom. The standard InChI is InChI=1S/C23H31N5O3.C8H11N/c1-3-5-9-18(4-2)14-25-15-20-27(17-29)26(13-12-24)16-21(30)28(20)22(23(25)31)19-10-7-6-8-11-19;1-9-7-8-5-3-2-4-6-8/h6-8,10-11,17-18,20,22H,3-5,9,13-16H2,1-2H3;2-6,9H,7H2,1H3/t18?,20?,22-;/m0./s1. The Bertz CT molecular complexity index is 1120. The van der Waals surface area contributed by atoms with E-state index in [1.807, 2.05) is 66.5 Å². The quantitative estimate of drug-likeness (QED) is 0.342. The van der Waals surface area contributed by atoms with Crippen molar-refractivity contribution in [3.8, 4) is 6.07 Å². The number of unbranched alkanes of at least 4 members (excludes halogenated alkanes) is 1. The number of nitrogens with one attached hydrogen (secondary N) is 1. The fraction of sp³-hybridized carbons (Fsp3) is 0.484. The van der Waals surface area contributed by atoms with Crippen molar-refractivity contribution < 1.29 is 14.4 Å². The van der Waals surface area contributed by atoms with Gasteiger partial charge in [0, 0.05) is 13.1 Å². The zero-order valence-electron chi connectivity index (χ0n) is 23.9. The zero-order chi connectivity index (χ0) is 28.9. The summed E-state index contributed by atoms with van der Waals surface area (Å²) >= 11 is 0. The first kappa shape index (κ1) is 30.8. The largest absolute Gasteiger partial charge is 0.336 e. The number of piperazine rings is 1. The monoisotopic (exact) mass is 546 g/mol. The second-order valence-electron chi connectivity index (χ2n) is 10.2. The lowest BCUT2D eigenvalue weighted by Crippen LogP contribution is -2.72. The molecule has 1 N–H and O–H groups in total. The van der Waals surface area contributed by atoms with Crippen LogP contribution >= 0.6 is 0 Å². The van der Waals surface area contributed by atoms with Crippen LogP contribution in [0.15, 0.2) is 60.7 Å². The number of hydrogen-bond acceptors (Lipinski definition) is 6. The molecule has 2 heterocycles. The fourth-order valence-corrected chi connectivity index (χ4v) is 5.36. The van der Waals surface area contributed by atoms with E-state index < -0.39 is 12.2 Å². The van der Waals surface area contributed by atoms with Crippen molar-refractivity contribution in [3.05, 3.63) is 71.8 Å². The van der Waals surface area contributed by atoms with E-state index in [0.29, 0.717) is 18.9 Å². The third-order valence-corrected chi connectivity index (χ3v) is 7.49. The van der Waals surface area contributed by atoms with E-state index in [-0.39, 0.29) is 31.4 Å². The average molecular weight is 547 g/mol. The van der Waals surface area contributed by atoms with Crippen molar-refractivity contribution in [1.82, 2.24) is 25.1 Å². The molecule has 2 saturated heterocycles. The first-order valence-corrected chi connectivity index (χ1v) is 14.2. The highest BCUT2D eigenvalue weighted by atomic mass is 16.2. The Morgan fingerprint density at radius 1 is 1.07 bits per heavy atom. The van der Waals surface area contributed by atoms with Gasteiger partial charge in [-0.25, -0.2) is 0 Å². The SMILES string of the molecule is CCCCC(CC)CN1CC2N(C(=O)CN(CC#N)N2C=O)[C@@H](c2ccccc2)C1=O.CNCc1ccccc1. The van der Waals surface area contributed by atoms with Crippen molar-refractivity contribution >= 4 is 18.2 Å². The number of benzene rings is 2. The van der Waals surface area contributed by atoms with Crippen LogP contribution in [0.1, 0.15) is 56.7 Å². The van der Waals surface area contributed by atoms with Crippen LogP contribution in [0.4, 0.5) is 0 Å². The van der Waals surface area contributed by atoms with Crippen molar-refractivity contribution in [2.24, 2.45) is 5.92 Å². The van der Waals surface area contributed by atoms with Gasteiger partial charge in [-0.3, -0.25) is 19.4 Å². The van der Waals surface area contributed by atoms with Crippen LogP contribution < -0.4 is 5.32 Å². The smallest absolute Gasteiger partial charge is 0.250 e. The van der Waals surface area contributed by atoms with Gasteiger partial charge in [-0.2, -0.15) is 10.3 Å². The number of nitrogens with zero attached hydrogens (tertiary/aromatic N) is 5. The molecule has 40 heavy (non-hydrogen) atoms. The molecule has 9 heteroatoms. The van der Waals surface area contributed by atoms with Gasteiger partial charge in [0.05, 0.1) is 19.2 Å². The number of nitriles is 1. The molecule has 2 unspecified atom stereocenters. The highest BCUT2D eigenvalue weighted by Gasteiger charge is 2.50. The van der Waals surface area contributed by atoms with Crippen molar-refractivity contribution in [3.63, 3.8) is 0 Å². The Labute approximate surface area is 238 Å². The summed E-state index contributed by atoms with van der Waals surface area (Å²) in [6.45, 7) is 5.92. The molecule has 0 radical (unpaired) electrons. The van der Waals surface area contributed by atoms with Crippen LogP contribution in [0.5, 0.6) is 0 Å². The first-order chi connectivity index (χ1) is 19.5. The molecule has 0 saturated carbocycles. The fourth-order valence-electron chi connectivity index (χ4n) is 5.36. The summed E-state index contributed by atoms with van der Waals surface area (Å²) in [5.41, 5.74) is 2.07. The number of hydrazine groups is 1. The van der Waals surface area contributed by atoms with Crippen LogP contribution in [0.3, 0.4) is 0 Å². The molecule has 0 aromatic heterocycles. The van der Waals surface area contributed by atoms with Gasteiger partial charge in [-0.05, 0) is 30.5 Å². The third-order valence-electron chi connectivity index (χ3n) is 7.49. The summed E-state index contributed by atoms with van der Waals surface area (Å²) < 4.78 is 0. The number of carbonyl (C=O) groups is 3. The van der Waals surface area contributed by atoms with Crippen LogP contribution in [-0.2, 0) is 20.9 Å². The highest BCUT2D eigenvalue weighted by molar-refractivity contribution is 5.91. The van der Waals surface area contributed by atoms with Crippen LogP contribution in [-0.4, -0.2) is 77.4 Å². The lowest BCUT2D eigenvalue weighted by atomic mass is 9.95. The minimum absolute atomic E-state index is 0.0626. The Kier molecular flexibility index (Phi) is 12.1. The van der Waals surface area contributed by atoms with E-state index in [4.69, 9.17) is 5.26 Å². The third kappa shape index (κ3) is 7.68. The zero-order valence-corrected chi connectivity index (χ0v) is 23.9. The molecule has 4 rings (SSSR count). The number of hydrogen-bond donors (Lipinski definition) is 1. The molecule has 2 fully saturated rings. The Hall–Kier alpha value is -3.74. The maximum absolute atomic E-state index is 13.6. The number of amides is 3. The van der Waals surface area contributed by atoms with Gasteiger partial charge in [0.1, 0.15) is 18.8 Å². The van der Waals surface area contributed by atoms with E-state index in [0.717, 1.165) is 37.8 Å². The van der Waals surface area contributed by atoms with Crippen molar-refractivity contribution in [1.29, 1.82) is 5.26 Å². The van der Waals surface area contributed by atoms with Gasteiger partial charge < -0.3 is 15.1 Å². The van der Waals surface area contributed by atoms with Gasteiger partial charge in [-0.15, -0.1) is 0 Å². The molecule has 3 atom stereocenters. The minimum atomic E-state index is -0.775. The lowest BCUT2D eigenvalue weighted by molar-refractivity contribution is -0.199. The van der Waals surface area contributed by atoms with Gasteiger partial charge in [0.2, 0.25) is 18.2 Å². The van der Waals surface area contributed by atoms with E-state index in [1.165, 1.54) is 20.5 Å². The molecule has 3 amide bonds. The summed E-state index contributed by atoms with van der Waals surface area (Å²) in [5, 5.41) is 15.1. The average Bonchev–Trinajstić information content (AvgIpc) is 2.97. The molecular weight excluding hydrogens is 504 g/mol. The van der Waals surface area contributed by atoms with Gasteiger partial charge in [0.15, 0.2) is 0 Å². The topological polar surface area (TPSA) is 100.0 Å². The Morgan fingerprint density at radius 3 is 2.33 bits per heavy atom. The van der Waals surface area contributed by atoms with Gasteiger partial charge in [0.25, 0.3) is 0 Å². The first-order valence-electron chi connectivity index (χ1n) is 14.2. The highest BCUT2D eigenvalue weighted by Crippen LogP contribution is 2.34. The summed E-state index contributed by atoms with van der Waals surface area (Å²) in [6.07, 6.45) is 4.24. The van der Waals surface area contributed by atoms with Crippen LogP contribution in [0, 0.1) is 17.2 Å². The summed E-state index contributed by atoms with van der Waals surface area (Å²) in [6, 6.07) is 20.8. The maximum Gasteiger partial charge on any atom is 0.250 e. The lowest BCUT2D eigenvalue weighted by Gasteiger charge is -2.54. The molecule has 2 aromatic carbocycles. The summed E-state index contributed by atoms with van der Waals surface area (Å²) in [5.74, 6) is 0.00890. The summed E-state index contributed by atoms with van der Waals surface area (Å²) in [7, 11) is 1.95. The molecular formula is C31H42N6O3. The minimum Gasteiger partial charge on any atom is -0.336 e. The van der Waals surface area contributed by atoms with E-state index >= 15 is 0 Å². The molecule has 9 nitrogen and oxygen atoms in total. The number of fused-ring (bicyclic) bond motifs is 1. The molecule has 2 aliphatic heterocycles. The van der Waals surface area contributed by atoms with Gasteiger partial charge in [-0.1, -0.05) is 93.8 Å². The van der Waals surface area contributed by atoms with Crippen molar-refractivity contribution in [2.45, 2.75) is 58.3 Å². The maximum atomic E-state index is 13.6. The molecule has 2 aromatic rings. The van der Waals surface area contributed by atoms with Crippen LogP contribution in [0.2, 0.25) is 0 Å². The van der Waals surface area contributed by atoms with E-state index in [2.05, 4.69) is 31.3 Å². The van der Waals surface area contributed by atoms with E-state index in [9.17, 15) is 14.4 Å². The molecule has 2 aliphatic rings. The Balaban J connectivity index is 0.000000415. The summed E-state index contributed by atoms with van der Waals surface area (Å²) in [4.78, 5) is 42.0. The normalized spacial score (nSPS) is 19.8. The second-order valence-corrected chi connectivity index (χ2v) is 10.2. The van der Waals surface area contributed by atoms with Gasteiger partial charge >= 0.3 is 0 Å². The molecule has 214 valence electrons. The molecule has 0 spiro atoms. The molecule has 0 bridgehead atoms. The predicted molar refractivity (Wildman–Crippen MR) is 154 cm³/mol. The van der Waals surface area contributed by atoms with E-state index in [1.54, 1.807) is 0 Å². The number of carbonyl (C=O) groups excluding carboxylic acids is 3. The van der Waals surface area contributed by atoms with Crippen LogP contribution in [0.25, 0.3) is 0 Å². The van der Waals surface area contributed by atoms with Crippen molar-refractivity contribution in [2.75, 3.05) is 33.2 Å². The molecule has 0 aliphatic carbocycles.